The molecule has 21 heavy (non-hydrogen) atoms. The second-order valence-corrected chi connectivity index (χ2v) is 6.41. The van der Waals surface area contributed by atoms with Crippen molar-refractivity contribution in [3.63, 3.8) is 0 Å². The molecule has 2 N–H and O–H groups in total. The Hall–Kier alpha value is -1.10. The summed E-state index contributed by atoms with van der Waals surface area (Å²) in [5, 5.41) is 0. The van der Waals surface area contributed by atoms with Crippen LogP contribution in [0.3, 0.4) is 0 Å². The van der Waals surface area contributed by atoms with Crippen molar-refractivity contribution in [1.82, 2.24) is 4.90 Å². The molecule has 0 bridgehead atoms. The molecule has 124 valence electrons. The molecule has 0 saturated heterocycles. The van der Waals surface area contributed by atoms with E-state index in [4.69, 9.17) is 10.5 Å². The van der Waals surface area contributed by atoms with Crippen LogP contribution in [0.15, 0.2) is 0 Å². The summed E-state index contributed by atoms with van der Waals surface area (Å²) in [6.45, 7) is 11.5. The van der Waals surface area contributed by atoms with E-state index in [1.807, 2.05) is 13.8 Å². The van der Waals surface area contributed by atoms with E-state index < -0.39 is 0 Å². The average molecular weight is 300 g/mol. The summed E-state index contributed by atoms with van der Waals surface area (Å²) in [7, 11) is 0. The van der Waals surface area contributed by atoms with Gasteiger partial charge in [-0.15, -0.1) is 0 Å². The van der Waals surface area contributed by atoms with Gasteiger partial charge in [0.25, 0.3) is 0 Å². The van der Waals surface area contributed by atoms with Gasteiger partial charge in [-0.05, 0) is 37.6 Å². The smallest absolute Gasteiger partial charge is 0.325 e. The predicted molar refractivity (Wildman–Crippen MR) is 84.7 cm³/mol. The van der Waals surface area contributed by atoms with Gasteiger partial charge in [0.15, 0.2) is 0 Å². The molecule has 0 aromatic carbocycles. The quantitative estimate of drug-likeness (QED) is 0.627. The largest absolute Gasteiger partial charge is 0.465 e. The minimum atomic E-state index is -0.348. The number of carbonyl (C=O) groups is 2. The van der Waals surface area contributed by atoms with Crippen LogP contribution in [0.2, 0.25) is 0 Å². The second-order valence-electron chi connectivity index (χ2n) is 6.41. The molecular weight excluding hydrogens is 268 g/mol. The Morgan fingerprint density at radius 1 is 1.14 bits per heavy atom. The van der Waals surface area contributed by atoms with Crippen LogP contribution >= 0.6 is 0 Å². The van der Waals surface area contributed by atoms with Gasteiger partial charge < -0.3 is 15.4 Å². The summed E-state index contributed by atoms with van der Waals surface area (Å²) in [6, 6.07) is 0. The minimum Gasteiger partial charge on any atom is -0.465 e. The van der Waals surface area contributed by atoms with Gasteiger partial charge in [0, 0.05) is 13.0 Å². The molecular formula is C16H32N2O3. The van der Waals surface area contributed by atoms with Crippen molar-refractivity contribution >= 4 is 11.9 Å². The first kappa shape index (κ1) is 19.9. The molecule has 1 unspecified atom stereocenters. The van der Waals surface area contributed by atoms with E-state index in [-0.39, 0.29) is 24.3 Å². The Bertz CT molecular complexity index is 317. The van der Waals surface area contributed by atoms with Crippen LogP contribution in [0.4, 0.5) is 0 Å². The topological polar surface area (TPSA) is 72.6 Å². The molecule has 0 fully saturated rings. The van der Waals surface area contributed by atoms with E-state index in [0.717, 1.165) is 6.42 Å². The van der Waals surface area contributed by atoms with Crippen LogP contribution in [0, 0.1) is 17.8 Å². The van der Waals surface area contributed by atoms with Crippen molar-refractivity contribution in [2.75, 3.05) is 26.2 Å². The highest BCUT2D eigenvalue weighted by molar-refractivity contribution is 5.82. The lowest BCUT2D eigenvalue weighted by Gasteiger charge is -2.26. The van der Waals surface area contributed by atoms with Crippen LogP contribution in [-0.4, -0.2) is 43.0 Å². The van der Waals surface area contributed by atoms with Crippen molar-refractivity contribution < 1.29 is 14.3 Å². The third-order valence-electron chi connectivity index (χ3n) is 3.16. The highest BCUT2D eigenvalue weighted by Gasteiger charge is 2.22. The number of esters is 1. The normalized spacial score (nSPS) is 12.6. The minimum absolute atomic E-state index is 0.00662. The monoisotopic (exact) mass is 300 g/mol. The molecule has 0 rings (SSSR count). The lowest BCUT2D eigenvalue weighted by atomic mass is 9.93. The van der Waals surface area contributed by atoms with Gasteiger partial charge in [-0.25, -0.2) is 0 Å². The average Bonchev–Trinajstić information content (AvgIpc) is 2.36. The van der Waals surface area contributed by atoms with Crippen molar-refractivity contribution in [2.24, 2.45) is 23.5 Å². The maximum absolute atomic E-state index is 12.4. The summed E-state index contributed by atoms with van der Waals surface area (Å²) in [4.78, 5) is 25.7. The zero-order valence-electron chi connectivity index (χ0n) is 14.2. The Morgan fingerprint density at radius 3 is 2.19 bits per heavy atom. The van der Waals surface area contributed by atoms with Crippen molar-refractivity contribution in [3.8, 4) is 0 Å². The molecule has 5 heteroatoms. The molecule has 0 aromatic rings. The summed E-state index contributed by atoms with van der Waals surface area (Å²) in [5.41, 5.74) is 5.76. The third-order valence-corrected chi connectivity index (χ3v) is 3.16. The fraction of sp³-hybridized carbons (Fsp3) is 0.875. The van der Waals surface area contributed by atoms with Gasteiger partial charge in [-0.1, -0.05) is 27.7 Å². The number of ether oxygens (including phenoxy) is 1. The number of rotatable bonds is 10. The van der Waals surface area contributed by atoms with Crippen molar-refractivity contribution in [3.05, 3.63) is 0 Å². The van der Waals surface area contributed by atoms with Crippen LogP contribution in [0.25, 0.3) is 0 Å². The van der Waals surface area contributed by atoms with Crippen LogP contribution < -0.4 is 5.73 Å². The second kappa shape index (κ2) is 10.6. The lowest BCUT2D eigenvalue weighted by molar-refractivity contribution is -0.149. The zero-order chi connectivity index (χ0) is 16.4. The number of amides is 1. The van der Waals surface area contributed by atoms with E-state index >= 15 is 0 Å². The van der Waals surface area contributed by atoms with Crippen molar-refractivity contribution in [2.45, 2.75) is 47.5 Å². The van der Waals surface area contributed by atoms with E-state index in [1.54, 1.807) is 11.8 Å². The summed E-state index contributed by atoms with van der Waals surface area (Å²) >= 11 is 0. The zero-order valence-corrected chi connectivity index (χ0v) is 14.2. The highest BCUT2D eigenvalue weighted by Crippen LogP contribution is 2.16. The van der Waals surface area contributed by atoms with Gasteiger partial charge in [0.2, 0.25) is 5.91 Å². The van der Waals surface area contributed by atoms with Gasteiger partial charge in [0.1, 0.15) is 6.54 Å². The third kappa shape index (κ3) is 9.45. The van der Waals surface area contributed by atoms with Crippen molar-refractivity contribution in [1.29, 1.82) is 0 Å². The Kier molecular flexibility index (Phi) is 10.0. The Balaban J connectivity index is 4.65. The van der Waals surface area contributed by atoms with Crippen LogP contribution in [-0.2, 0) is 14.3 Å². The Morgan fingerprint density at radius 2 is 1.76 bits per heavy atom. The molecule has 0 aliphatic heterocycles. The van der Waals surface area contributed by atoms with E-state index in [0.29, 0.717) is 38.0 Å². The summed E-state index contributed by atoms with van der Waals surface area (Å²) in [6.07, 6.45) is 1.33. The van der Waals surface area contributed by atoms with E-state index in [9.17, 15) is 9.59 Å². The van der Waals surface area contributed by atoms with Crippen LogP contribution in [0.1, 0.15) is 47.5 Å². The predicted octanol–water partition coefficient (Wildman–Crippen LogP) is 2.05. The highest BCUT2D eigenvalue weighted by atomic mass is 16.5. The molecule has 0 aromatic heterocycles. The molecule has 1 amide bonds. The Labute approximate surface area is 129 Å². The van der Waals surface area contributed by atoms with E-state index in [1.165, 1.54) is 0 Å². The molecule has 0 aliphatic rings. The first-order valence-corrected chi connectivity index (χ1v) is 7.93. The molecule has 5 nitrogen and oxygen atoms in total. The molecule has 0 radical (unpaired) electrons. The number of hydrogen-bond donors (Lipinski definition) is 1. The summed E-state index contributed by atoms with van der Waals surface area (Å²) in [5.74, 6) is 0.640. The first-order valence-electron chi connectivity index (χ1n) is 7.93. The lowest BCUT2D eigenvalue weighted by Crippen LogP contribution is -2.40. The van der Waals surface area contributed by atoms with Gasteiger partial charge >= 0.3 is 5.97 Å². The first-order chi connectivity index (χ1) is 9.79. The number of nitrogens with zero attached hydrogens (tertiary/aromatic N) is 1. The summed E-state index contributed by atoms with van der Waals surface area (Å²) < 4.78 is 4.94. The molecule has 0 aliphatic carbocycles. The number of carbonyl (C=O) groups excluding carboxylic acids is 2. The molecule has 0 saturated carbocycles. The van der Waals surface area contributed by atoms with Gasteiger partial charge in [-0.2, -0.15) is 0 Å². The SMILES string of the molecule is CCOC(=O)CN(CC(C)C)C(=O)CC(CN)CC(C)C. The maximum Gasteiger partial charge on any atom is 0.325 e. The number of hydrogen-bond acceptors (Lipinski definition) is 4. The molecule has 0 heterocycles. The van der Waals surface area contributed by atoms with Gasteiger partial charge in [-0.3, -0.25) is 9.59 Å². The van der Waals surface area contributed by atoms with E-state index in [2.05, 4.69) is 13.8 Å². The fourth-order valence-corrected chi connectivity index (χ4v) is 2.36. The number of nitrogens with two attached hydrogens (primary N) is 1. The standard InChI is InChI=1S/C16H32N2O3/c1-6-21-16(20)11-18(10-13(4)5)15(19)8-14(9-17)7-12(2)3/h12-14H,6-11,17H2,1-5H3. The van der Waals surface area contributed by atoms with Crippen LogP contribution in [0.5, 0.6) is 0 Å². The maximum atomic E-state index is 12.4. The van der Waals surface area contributed by atoms with Gasteiger partial charge in [0.05, 0.1) is 6.61 Å². The molecule has 1 atom stereocenters. The molecule has 0 spiro atoms. The fourth-order valence-electron chi connectivity index (χ4n) is 2.36.